The molecule has 0 aromatic rings. The van der Waals surface area contributed by atoms with Crippen LogP contribution in [0, 0.1) is 0 Å². The molecule has 0 fully saturated rings. The average molecular weight is 176 g/mol. The minimum atomic E-state index is -0.403. The van der Waals surface area contributed by atoms with Crippen LogP contribution in [0.4, 0.5) is 0 Å². The molecule has 0 aromatic carbocycles. The van der Waals surface area contributed by atoms with Crippen molar-refractivity contribution >= 4 is 17.7 Å². The van der Waals surface area contributed by atoms with E-state index in [9.17, 15) is 4.79 Å². The highest BCUT2D eigenvalue weighted by atomic mass is 32.2. The lowest BCUT2D eigenvalue weighted by molar-refractivity contribution is -0.122. The third-order valence-electron chi connectivity index (χ3n) is 1.22. The molecule has 0 saturated carbocycles. The second kappa shape index (κ2) is 5.43. The van der Waals surface area contributed by atoms with Crippen LogP contribution in [0.25, 0.3) is 0 Å². The van der Waals surface area contributed by atoms with Crippen LogP contribution in [-0.2, 0) is 4.79 Å². The lowest BCUT2D eigenvalue weighted by atomic mass is 10.3. The molecule has 1 amide bonds. The third kappa shape index (κ3) is 5.09. The second-order valence-electron chi connectivity index (χ2n) is 2.65. The Labute approximate surface area is 72.1 Å². The van der Waals surface area contributed by atoms with E-state index in [0.717, 1.165) is 5.75 Å². The van der Waals surface area contributed by atoms with Gasteiger partial charge in [-0.1, -0.05) is 0 Å². The smallest absolute Gasteiger partial charge is 0.236 e. The predicted molar refractivity (Wildman–Crippen MR) is 49.6 cm³/mol. The summed E-state index contributed by atoms with van der Waals surface area (Å²) in [5.74, 6) is 0.852. The van der Waals surface area contributed by atoms with Gasteiger partial charge in [0.2, 0.25) is 5.91 Å². The molecule has 0 heterocycles. The fourth-order valence-corrected chi connectivity index (χ4v) is 1.25. The Kier molecular flexibility index (Phi) is 5.32. The highest BCUT2D eigenvalue weighted by molar-refractivity contribution is 7.98. The van der Waals surface area contributed by atoms with Gasteiger partial charge in [0.1, 0.15) is 0 Å². The van der Waals surface area contributed by atoms with Gasteiger partial charge in [-0.25, -0.2) is 0 Å². The second-order valence-corrected chi connectivity index (χ2v) is 3.56. The number of amides is 1. The van der Waals surface area contributed by atoms with Crippen LogP contribution in [-0.4, -0.2) is 30.0 Å². The normalized spacial score (nSPS) is 15.6. The molecule has 0 spiro atoms. The maximum atomic E-state index is 11.0. The zero-order valence-corrected chi connectivity index (χ0v) is 8.07. The van der Waals surface area contributed by atoms with Crippen LogP contribution in [0.5, 0.6) is 0 Å². The zero-order valence-electron chi connectivity index (χ0n) is 7.26. The summed E-state index contributed by atoms with van der Waals surface area (Å²) >= 11 is 1.71. The Morgan fingerprint density at radius 2 is 2.18 bits per heavy atom. The van der Waals surface area contributed by atoms with Gasteiger partial charge in [-0.15, -0.1) is 0 Å². The molecule has 0 aliphatic rings. The van der Waals surface area contributed by atoms with Crippen LogP contribution < -0.4 is 11.1 Å². The molecule has 2 unspecified atom stereocenters. The van der Waals surface area contributed by atoms with Crippen LogP contribution in [0.15, 0.2) is 0 Å². The Bertz CT molecular complexity index is 128. The van der Waals surface area contributed by atoms with Crippen molar-refractivity contribution in [3.8, 4) is 0 Å². The Balaban J connectivity index is 3.57. The van der Waals surface area contributed by atoms with Crippen molar-refractivity contribution in [2.45, 2.75) is 25.9 Å². The van der Waals surface area contributed by atoms with Gasteiger partial charge in [-0.05, 0) is 20.1 Å². The summed E-state index contributed by atoms with van der Waals surface area (Å²) in [6, 6.07) is -0.192. The summed E-state index contributed by atoms with van der Waals surface area (Å²) in [7, 11) is 0. The summed E-state index contributed by atoms with van der Waals surface area (Å²) in [5, 5.41) is 2.80. The van der Waals surface area contributed by atoms with Crippen molar-refractivity contribution < 1.29 is 4.79 Å². The van der Waals surface area contributed by atoms with Crippen molar-refractivity contribution in [3.63, 3.8) is 0 Å². The Morgan fingerprint density at radius 3 is 2.55 bits per heavy atom. The standard InChI is InChI=1S/C7H16N2OS/c1-5(4-11-3)9-7(10)6(2)8/h5-6H,4,8H2,1-3H3,(H,9,10). The number of carbonyl (C=O) groups excluding carboxylic acids is 1. The number of nitrogens with one attached hydrogen (secondary N) is 1. The maximum Gasteiger partial charge on any atom is 0.236 e. The van der Waals surface area contributed by atoms with E-state index >= 15 is 0 Å². The summed E-state index contributed by atoms with van der Waals surface area (Å²) in [4.78, 5) is 11.0. The highest BCUT2D eigenvalue weighted by Crippen LogP contribution is 1.95. The molecule has 11 heavy (non-hydrogen) atoms. The van der Waals surface area contributed by atoms with E-state index in [0.29, 0.717) is 0 Å². The predicted octanol–water partition coefficient (Wildman–Crippen LogP) is 0.201. The van der Waals surface area contributed by atoms with Crippen molar-refractivity contribution in [2.75, 3.05) is 12.0 Å². The molecule has 0 aromatic heterocycles. The minimum absolute atomic E-state index is 0.0773. The van der Waals surface area contributed by atoms with Gasteiger partial charge in [-0.3, -0.25) is 4.79 Å². The van der Waals surface area contributed by atoms with E-state index < -0.39 is 6.04 Å². The monoisotopic (exact) mass is 176 g/mol. The summed E-state index contributed by atoms with van der Waals surface area (Å²) < 4.78 is 0. The first-order valence-corrected chi connectivity index (χ1v) is 5.02. The number of nitrogens with two attached hydrogens (primary N) is 1. The molecular formula is C7H16N2OS. The van der Waals surface area contributed by atoms with Crippen LogP contribution >= 0.6 is 11.8 Å². The molecule has 0 rings (SSSR count). The number of rotatable bonds is 4. The van der Waals surface area contributed by atoms with Crippen LogP contribution in [0.1, 0.15) is 13.8 Å². The van der Waals surface area contributed by atoms with E-state index in [1.807, 2.05) is 13.2 Å². The van der Waals surface area contributed by atoms with Gasteiger partial charge in [0.05, 0.1) is 6.04 Å². The van der Waals surface area contributed by atoms with E-state index in [1.54, 1.807) is 18.7 Å². The van der Waals surface area contributed by atoms with Crippen LogP contribution in [0.2, 0.25) is 0 Å². The van der Waals surface area contributed by atoms with Crippen molar-refractivity contribution in [1.29, 1.82) is 0 Å². The summed E-state index contributed by atoms with van der Waals surface area (Å²) in [5.41, 5.74) is 5.36. The van der Waals surface area contributed by atoms with Crippen molar-refractivity contribution in [1.82, 2.24) is 5.32 Å². The first-order chi connectivity index (χ1) is 5.07. The van der Waals surface area contributed by atoms with E-state index in [1.165, 1.54) is 0 Å². The molecule has 3 N–H and O–H groups in total. The molecule has 3 nitrogen and oxygen atoms in total. The Morgan fingerprint density at radius 1 is 1.64 bits per heavy atom. The van der Waals surface area contributed by atoms with Crippen molar-refractivity contribution in [3.05, 3.63) is 0 Å². The molecule has 0 radical (unpaired) electrons. The van der Waals surface area contributed by atoms with Gasteiger partial charge >= 0.3 is 0 Å². The summed E-state index contributed by atoms with van der Waals surface area (Å²) in [6.45, 7) is 3.65. The van der Waals surface area contributed by atoms with Gasteiger partial charge in [0.15, 0.2) is 0 Å². The lowest BCUT2D eigenvalue weighted by Crippen LogP contribution is -2.43. The molecule has 4 heteroatoms. The molecule has 2 atom stereocenters. The molecule has 0 bridgehead atoms. The molecule has 0 aliphatic heterocycles. The average Bonchev–Trinajstić information content (AvgIpc) is 1.87. The van der Waals surface area contributed by atoms with Gasteiger partial charge in [-0.2, -0.15) is 11.8 Å². The Hall–Kier alpha value is -0.220. The van der Waals surface area contributed by atoms with E-state index in [-0.39, 0.29) is 11.9 Å². The van der Waals surface area contributed by atoms with Gasteiger partial charge < -0.3 is 11.1 Å². The number of hydrogen-bond donors (Lipinski definition) is 2. The van der Waals surface area contributed by atoms with Crippen molar-refractivity contribution in [2.24, 2.45) is 5.73 Å². The molecule has 66 valence electrons. The van der Waals surface area contributed by atoms with Gasteiger partial charge in [0, 0.05) is 11.8 Å². The lowest BCUT2D eigenvalue weighted by Gasteiger charge is -2.13. The van der Waals surface area contributed by atoms with Crippen LogP contribution in [0.3, 0.4) is 0 Å². The number of thioether (sulfide) groups is 1. The largest absolute Gasteiger partial charge is 0.351 e. The molecular weight excluding hydrogens is 160 g/mol. The van der Waals surface area contributed by atoms with E-state index in [2.05, 4.69) is 5.32 Å². The van der Waals surface area contributed by atoms with Gasteiger partial charge in [0.25, 0.3) is 0 Å². The third-order valence-corrected chi connectivity index (χ3v) is 2.05. The SMILES string of the molecule is CSCC(C)NC(=O)C(C)N. The number of hydrogen-bond acceptors (Lipinski definition) is 3. The quantitative estimate of drug-likeness (QED) is 0.643. The molecule has 0 saturated heterocycles. The fraction of sp³-hybridized carbons (Fsp3) is 0.857. The summed E-state index contributed by atoms with van der Waals surface area (Å²) in [6.07, 6.45) is 2.01. The first kappa shape index (κ1) is 10.8. The maximum absolute atomic E-state index is 11.0. The first-order valence-electron chi connectivity index (χ1n) is 3.62. The molecule has 0 aliphatic carbocycles. The minimum Gasteiger partial charge on any atom is -0.351 e. The fourth-order valence-electron chi connectivity index (χ4n) is 0.666. The number of carbonyl (C=O) groups is 1. The zero-order chi connectivity index (χ0) is 8.85. The van der Waals surface area contributed by atoms with E-state index in [4.69, 9.17) is 5.73 Å². The topological polar surface area (TPSA) is 55.1 Å². The highest BCUT2D eigenvalue weighted by Gasteiger charge is 2.09.